The van der Waals surface area contributed by atoms with Gasteiger partial charge in [0.1, 0.15) is 11.6 Å². The van der Waals surface area contributed by atoms with Gasteiger partial charge in [0.25, 0.3) is 5.91 Å². The van der Waals surface area contributed by atoms with E-state index < -0.39 is 18.5 Å². The highest BCUT2D eigenvalue weighted by atomic mass is 19.3. The van der Waals surface area contributed by atoms with Crippen molar-refractivity contribution in [2.45, 2.75) is 6.61 Å². The molecule has 1 fully saturated rings. The summed E-state index contributed by atoms with van der Waals surface area (Å²) in [6, 6.07) is 10.6. The van der Waals surface area contributed by atoms with E-state index in [-0.39, 0.29) is 17.0 Å². The van der Waals surface area contributed by atoms with E-state index in [2.05, 4.69) is 9.72 Å². The number of rotatable bonds is 5. The predicted octanol–water partition coefficient (Wildman–Crippen LogP) is 2.34. The number of aromatic carboxylic acids is 1. The molecule has 9 heteroatoms. The molecule has 27 heavy (non-hydrogen) atoms. The van der Waals surface area contributed by atoms with E-state index in [9.17, 15) is 18.4 Å². The number of aromatic nitrogens is 1. The van der Waals surface area contributed by atoms with Crippen molar-refractivity contribution in [3.8, 4) is 5.75 Å². The molecular formula is C18H17F2N3O4. The fraction of sp³-hybridized carbons (Fsp3) is 0.278. The molecule has 2 heterocycles. The summed E-state index contributed by atoms with van der Waals surface area (Å²) in [5.74, 6) is -1.14. The molecule has 0 radical (unpaired) electrons. The second-order valence-corrected chi connectivity index (χ2v) is 5.84. The quantitative estimate of drug-likeness (QED) is 0.861. The zero-order chi connectivity index (χ0) is 19.4. The van der Waals surface area contributed by atoms with Gasteiger partial charge < -0.3 is 19.6 Å². The Morgan fingerprint density at radius 3 is 2.41 bits per heavy atom. The molecule has 1 aromatic carbocycles. The number of alkyl halides is 2. The van der Waals surface area contributed by atoms with Crippen LogP contribution in [-0.2, 0) is 0 Å². The molecule has 2 aromatic rings. The van der Waals surface area contributed by atoms with Crippen LogP contribution < -0.4 is 9.64 Å². The van der Waals surface area contributed by atoms with E-state index >= 15 is 0 Å². The first kappa shape index (κ1) is 18.6. The highest BCUT2D eigenvalue weighted by Gasteiger charge is 2.25. The summed E-state index contributed by atoms with van der Waals surface area (Å²) in [4.78, 5) is 31.2. The maximum Gasteiger partial charge on any atom is 0.387 e. The maximum absolute atomic E-state index is 12.7. The van der Waals surface area contributed by atoms with Crippen LogP contribution in [0.3, 0.4) is 0 Å². The third-order valence-corrected chi connectivity index (χ3v) is 4.18. The number of hydrogen-bond acceptors (Lipinski definition) is 5. The minimum absolute atomic E-state index is 0.0518. The van der Waals surface area contributed by atoms with Crippen LogP contribution in [0.1, 0.15) is 20.8 Å². The lowest BCUT2D eigenvalue weighted by Gasteiger charge is -2.35. The van der Waals surface area contributed by atoms with Gasteiger partial charge in [-0.2, -0.15) is 8.78 Å². The fourth-order valence-electron chi connectivity index (χ4n) is 2.87. The molecular weight excluding hydrogens is 360 g/mol. The van der Waals surface area contributed by atoms with E-state index in [1.807, 2.05) is 4.90 Å². The van der Waals surface area contributed by atoms with Gasteiger partial charge in [-0.1, -0.05) is 18.2 Å². The Bertz CT molecular complexity index is 839. The summed E-state index contributed by atoms with van der Waals surface area (Å²) in [6.45, 7) is -1.43. The van der Waals surface area contributed by atoms with Crippen molar-refractivity contribution < 1.29 is 28.2 Å². The second kappa shape index (κ2) is 7.98. The number of carbonyl (C=O) groups is 2. The Hall–Kier alpha value is -3.23. The van der Waals surface area contributed by atoms with Crippen molar-refractivity contribution in [1.82, 2.24) is 9.88 Å². The normalized spacial score (nSPS) is 14.3. The molecule has 1 aliphatic rings. The number of anilines is 1. The summed E-state index contributed by atoms with van der Waals surface area (Å²) >= 11 is 0. The first-order chi connectivity index (χ1) is 13.0. The van der Waals surface area contributed by atoms with Gasteiger partial charge in [0.15, 0.2) is 5.69 Å². The number of amides is 1. The van der Waals surface area contributed by atoms with Crippen molar-refractivity contribution in [2.24, 2.45) is 0 Å². The van der Waals surface area contributed by atoms with Gasteiger partial charge in [-0.05, 0) is 24.3 Å². The second-order valence-electron chi connectivity index (χ2n) is 5.84. The number of carbonyl (C=O) groups excluding carboxylic acids is 1. The van der Waals surface area contributed by atoms with E-state index in [1.165, 1.54) is 24.3 Å². The Labute approximate surface area is 153 Å². The number of para-hydroxylation sites is 1. The summed E-state index contributed by atoms with van der Waals surface area (Å²) in [6.07, 6.45) is 0. The largest absolute Gasteiger partial charge is 0.477 e. The SMILES string of the molecule is O=C(O)c1cccc(N2CCN(C(=O)c3ccccc3OC(F)F)CC2)n1. The van der Waals surface area contributed by atoms with E-state index in [0.29, 0.717) is 32.0 Å². The number of carboxylic acid groups (broad SMARTS) is 1. The Morgan fingerprint density at radius 2 is 1.74 bits per heavy atom. The lowest BCUT2D eigenvalue weighted by molar-refractivity contribution is -0.0502. The van der Waals surface area contributed by atoms with Gasteiger partial charge in [-0.25, -0.2) is 9.78 Å². The third kappa shape index (κ3) is 4.30. The van der Waals surface area contributed by atoms with Crippen LogP contribution in [0, 0.1) is 0 Å². The van der Waals surface area contributed by atoms with Crippen LogP contribution in [0.2, 0.25) is 0 Å². The number of pyridine rings is 1. The molecule has 0 aliphatic carbocycles. The van der Waals surface area contributed by atoms with Gasteiger partial charge in [0.2, 0.25) is 0 Å². The summed E-state index contributed by atoms with van der Waals surface area (Å²) in [7, 11) is 0. The molecule has 1 saturated heterocycles. The van der Waals surface area contributed by atoms with Crippen molar-refractivity contribution in [2.75, 3.05) is 31.1 Å². The molecule has 1 amide bonds. The van der Waals surface area contributed by atoms with Crippen LogP contribution in [0.15, 0.2) is 42.5 Å². The molecule has 3 rings (SSSR count). The van der Waals surface area contributed by atoms with Crippen molar-refractivity contribution in [1.29, 1.82) is 0 Å². The third-order valence-electron chi connectivity index (χ3n) is 4.18. The standard InChI is InChI=1S/C18H17F2N3O4/c19-18(20)27-14-6-2-1-4-12(14)16(24)23-10-8-22(9-11-23)15-7-3-5-13(21-15)17(25)26/h1-7,18H,8-11H2,(H,25,26). The van der Waals surface area contributed by atoms with Crippen LogP contribution in [0.4, 0.5) is 14.6 Å². The highest BCUT2D eigenvalue weighted by molar-refractivity contribution is 5.97. The monoisotopic (exact) mass is 377 g/mol. The zero-order valence-corrected chi connectivity index (χ0v) is 14.2. The molecule has 0 unspecified atom stereocenters. The first-order valence-electron chi connectivity index (χ1n) is 8.24. The molecule has 1 aromatic heterocycles. The predicted molar refractivity (Wildman–Crippen MR) is 92.4 cm³/mol. The Kier molecular flexibility index (Phi) is 5.49. The Balaban J connectivity index is 1.68. The molecule has 0 spiro atoms. The number of hydrogen-bond donors (Lipinski definition) is 1. The zero-order valence-electron chi connectivity index (χ0n) is 14.2. The molecule has 7 nitrogen and oxygen atoms in total. The number of carboxylic acids is 1. The number of nitrogens with zero attached hydrogens (tertiary/aromatic N) is 3. The maximum atomic E-state index is 12.7. The van der Waals surface area contributed by atoms with Crippen LogP contribution in [0.25, 0.3) is 0 Å². The van der Waals surface area contributed by atoms with Crippen molar-refractivity contribution in [3.05, 3.63) is 53.7 Å². The lowest BCUT2D eigenvalue weighted by atomic mass is 10.1. The minimum Gasteiger partial charge on any atom is -0.477 e. The molecule has 1 N–H and O–H groups in total. The molecule has 0 saturated carbocycles. The van der Waals surface area contributed by atoms with Crippen molar-refractivity contribution >= 4 is 17.7 Å². The Morgan fingerprint density at radius 1 is 1.04 bits per heavy atom. The molecule has 1 aliphatic heterocycles. The highest BCUT2D eigenvalue weighted by Crippen LogP contribution is 2.23. The van der Waals surface area contributed by atoms with Crippen LogP contribution in [0.5, 0.6) is 5.75 Å². The molecule has 0 bridgehead atoms. The van der Waals surface area contributed by atoms with Crippen LogP contribution >= 0.6 is 0 Å². The topological polar surface area (TPSA) is 83.0 Å². The average Bonchev–Trinajstić information content (AvgIpc) is 2.67. The minimum atomic E-state index is -3.01. The van der Waals surface area contributed by atoms with Gasteiger partial charge in [-0.15, -0.1) is 0 Å². The van der Waals surface area contributed by atoms with E-state index in [4.69, 9.17) is 5.11 Å². The van der Waals surface area contributed by atoms with E-state index in [1.54, 1.807) is 23.1 Å². The number of benzene rings is 1. The number of ether oxygens (including phenoxy) is 1. The van der Waals surface area contributed by atoms with E-state index in [0.717, 1.165) is 0 Å². The molecule has 142 valence electrons. The smallest absolute Gasteiger partial charge is 0.387 e. The molecule has 0 atom stereocenters. The van der Waals surface area contributed by atoms with Gasteiger partial charge in [0.05, 0.1) is 5.56 Å². The van der Waals surface area contributed by atoms with Gasteiger partial charge >= 0.3 is 12.6 Å². The summed E-state index contributed by atoms with van der Waals surface area (Å²) in [5.41, 5.74) is 0.0290. The summed E-state index contributed by atoms with van der Waals surface area (Å²) < 4.78 is 29.5. The van der Waals surface area contributed by atoms with Crippen LogP contribution in [-0.4, -0.2) is 59.7 Å². The summed E-state index contributed by atoms with van der Waals surface area (Å²) in [5, 5.41) is 9.04. The van der Waals surface area contributed by atoms with Gasteiger partial charge in [-0.3, -0.25) is 4.79 Å². The number of piperazine rings is 1. The van der Waals surface area contributed by atoms with Gasteiger partial charge in [0, 0.05) is 26.2 Å². The first-order valence-corrected chi connectivity index (χ1v) is 8.24. The fourth-order valence-corrected chi connectivity index (χ4v) is 2.87. The average molecular weight is 377 g/mol. The number of halogens is 2. The lowest BCUT2D eigenvalue weighted by Crippen LogP contribution is -2.49. The van der Waals surface area contributed by atoms with Crippen molar-refractivity contribution in [3.63, 3.8) is 0 Å².